The zero-order chi connectivity index (χ0) is 18.1. The fourth-order valence-electron chi connectivity index (χ4n) is 3.29. The number of anilines is 1. The Kier molecular flexibility index (Phi) is 4.39. The van der Waals surface area contributed by atoms with Crippen molar-refractivity contribution in [1.82, 2.24) is 4.90 Å². The van der Waals surface area contributed by atoms with E-state index in [4.69, 9.17) is 5.73 Å². The van der Waals surface area contributed by atoms with Crippen LogP contribution in [-0.2, 0) is 14.4 Å². The van der Waals surface area contributed by atoms with Crippen LogP contribution in [0.3, 0.4) is 0 Å². The average molecular weight is 341 g/mol. The topological polar surface area (TPSA) is 110 Å². The summed E-state index contributed by atoms with van der Waals surface area (Å²) in [4.78, 5) is 49.6. The Morgan fingerprint density at radius 1 is 1.08 bits per heavy atom. The molecule has 25 heavy (non-hydrogen) atoms. The van der Waals surface area contributed by atoms with Crippen LogP contribution in [0.2, 0.25) is 0 Å². The number of nitrogens with zero attached hydrogens (tertiary/aromatic N) is 1. The molecule has 0 bridgehead atoms. The van der Waals surface area contributed by atoms with Crippen molar-refractivity contribution in [3.63, 3.8) is 0 Å². The third kappa shape index (κ3) is 3.05. The molecule has 1 aromatic rings. The molecule has 1 heterocycles. The molecule has 3 rings (SSSR count). The van der Waals surface area contributed by atoms with Gasteiger partial charge in [-0.3, -0.25) is 24.1 Å². The number of fused-ring (bicyclic) bond motifs is 1. The molecule has 1 saturated heterocycles. The Morgan fingerprint density at radius 3 is 2.08 bits per heavy atom. The first-order chi connectivity index (χ1) is 11.9. The minimum absolute atomic E-state index is 0.286. The van der Waals surface area contributed by atoms with Crippen LogP contribution in [0.25, 0.3) is 0 Å². The molecule has 4 amide bonds. The van der Waals surface area contributed by atoms with E-state index in [2.05, 4.69) is 5.32 Å². The SMILES string of the molecule is C[C@@H](C(=O)Nc1ccc(C(N)=O)cc1)N1C(=O)[C@@H]2CC=CC[C@H]2C1=O. The molecule has 1 aromatic carbocycles. The molecular weight excluding hydrogens is 322 g/mol. The maximum atomic E-state index is 12.5. The number of rotatable bonds is 4. The summed E-state index contributed by atoms with van der Waals surface area (Å²) >= 11 is 0. The molecular formula is C18H19N3O4. The van der Waals surface area contributed by atoms with E-state index in [-0.39, 0.29) is 23.7 Å². The maximum absolute atomic E-state index is 12.5. The number of allylic oxidation sites excluding steroid dienone is 2. The highest BCUT2D eigenvalue weighted by molar-refractivity contribution is 6.10. The molecule has 0 unspecified atom stereocenters. The number of primary amides is 1. The Balaban J connectivity index is 1.71. The minimum atomic E-state index is -0.901. The van der Waals surface area contributed by atoms with Gasteiger partial charge in [-0.2, -0.15) is 0 Å². The molecule has 130 valence electrons. The molecule has 0 spiro atoms. The highest BCUT2D eigenvalue weighted by atomic mass is 16.2. The van der Waals surface area contributed by atoms with Gasteiger partial charge in [0.1, 0.15) is 6.04 Å². The lowest BCUT2D eigenvalue weighted by molar-refractivity contribution is -0.146. The summed E-state index contributed by atoms with van der Waals surface area (Å²) in [5.74, 6) is -2.31. The summed E-state index contributed by atoms with van der Waals surface area (Å²) in [5.41, 5.74) is 5.96. The Labute approximate surface area is 144 Å². The predicted octanol–water partition coefficient (Wildman–Crippen LogP) is 1.06. The first-order valence-corrected chi connectivity index (χ1v) is 8.12. The van der Waals surface area contributed by atoms with Crippen molar-refractivity contribution in [2.45, 2.75) is 25.8 Å². The summed E-state index contributed by atoms with van der Waals surface area (Å²) in [7, 11) is 0. The number of carbonyl (C=O) groups excluding carboxylic acids is 4. The van der Waals surface area contributed by atoms with Crippen LogP contribution in [0.4, 0.5) is 5.69 Å². The molecule has 7 nitrogen and oxygen atoms in total. The van der Waals surface area contributed by atoms with Crippen molar-refractivity contribution in [1.29, 1.82) is 0 Å². The number of imide groups is 1. The van der Waals surface area contributed by atoms with Gasteiger partial charge >= 0.3 is 0 Å². The summed E-state index contributed by atoms with van der Waals surface area (Å²) in [6.07, 6.45) is 4.88. The molecule has 3 atom stereocenters. The van der Waals surface area contributed by atoms with E-state index in [0.29, 0.717) is 24.1 Å². The van der Waals surface area contributed by atoms with E-state index in [1.807, 2.05) is 12.2 Å². The van der Waals surface area contributed by atoms with E-state index in [0.717, 1.165) is 4.90 Å². The largest absolute Gasteiger partial charge is 0.366 e. The lowest BCUT2D eigenvalue weighted by Gasteiger charge is -2.22. The zero-order valence-electron chi connectivity index (χ0n) is 13.8. The normalized spacial score (nSPS) is 23.3. The number of hydrogen-bond acceptors (Lipinski definition) is 4. The van der Waals surface area contributed by atoms with Crippen LogP contribution >= 0.6 is 0 Å². The zero-order valence-corrected chi connectivity index (χ0v) is 13.8. The Morgan fingerprint density at radius 2 is 1.60 bits per heavy atom. The van der Waals surface area contributed by atoms with Crippen LogP contribution in [0, 0.1) is 11.8 Å². The lowest BCUT2D eigenvalue weighted by Crippen LogP contribution is -2.46. The van der Waals surface area contributed by atoms with E-state index in [9.17, 15) is 19.2 Å². The number of benzene rings is 1. The lowest BCUT2D eigenvalue weighted by atomic mass is 9.85. The van der Waals surface area contributed by atoms with Crippen LogP contribution in [0.15, 0.2) is 36.4 Å². The molecule has 1 aliphatic carbocycles. The molecule has 3 N–H and O–H groups in total. The van der Waals surface area contributed by atoms with Crippen LogP contribution in [-0.4, -0.2) is 34.6 Å². The second-order valence-corrected chi connectivity index (χ2v) is 6.31. The fraction of sp³-hybridized carbons (Fsp3) is 0.333. The summed E-state index contributed by atoms with van der Waals surface area (Å²) < 4.78 is 0. The first kappa shape index (κ1) is 16.9. The summed E-state index contributed by atoms with van der Waals surface area (Å²) in [6.45, 7) is 1.54. The number of amides is 4. The van der Waals surface area contributed by atoms with Gasteiger partial charge in [0.2, 0.25) is 23.6 Å². The molecule has 0 radical (unpaired) electrons. The molecule has 1 fully saturated rings. The summed E-state index contributed by atoms with van der Waals surface area (Å²) in [5, 5.41) is 2.65. The first-order valence-electron chi connectivity index (χ1n) is 8.12. The second kappa shape index (κ2) is 6.51. The molecule has 0 aromatic heterocycles. The average Bonchev–Trinajstić information content (AvgIpc) is 2.86. The van der Waals surface area contributed by atoms with Gasteiger partial charge in [0, 0.05) is 11.3 Å². The van der Waals surface area contributed by atoms with E-state index in [1.165, 1.54) is 19.1 Å². The van der Waals surface area contributed by atoms with Gasteiger partial charge in [0.15, 0.2) is 0 Å². The highest BCUT2D eigenvalue weighted by Crippen LogP contribution is 2.36. The quantitative estimate of drug-likeness (QED) is 0.630. The minimum Gasteiger partial charge on any atom is -0.366 e. The van der Waals surface area contributed by atoms with Crippen molar-refractivity contribution in [3.05, 3.63) is 42.0 Å². The standard InChI is InChI=1S/C18H19N3O4/c1-10(16(23)20-12-8-6-11(7-9-12)15(19)22)21-17(24)13-4-2-3-5-14(13)18(21)25/h2-3,6-10,13-14H,4-5H2,1H3,(H2,19,22)(H,20,23)/t10-,13+,14+/m0/s1. The smallest absolute Gasteiger partial charge is 0.248 e. The number of likely N-dealkylation sites (tertiary alicyclic amines) is 1. The van der Waals surface area contributed by atoms with Gasteiger partial charge in [0.25, 0.3) is 0 Å². The third-order valence-corrected chi connectivity index (χ3v) is 4.75. The van der Waals surface area contributed by atoms with E-state index in [1.54, 1.807) is 12.1 Å². The molecule has 7 heteroatoms. The fourth-order valence-corrected chi connectivity index (χ4v) is 3.29. The second-order valence-electron chi connectivity index (χ2n) is 6.31. The van der Waals surface area contributed by atoms with Crippen molar-refractivity contribution in [2.24, 2.45) is 17.6 Å². The van der Waals surface area contributed by atoms with Crippen LogP contribution in [0.5, 0.6) is 0 Å². The van der Waals surface area contributed by atoms with Crippen molar-refractivity contribution >= 4 is 29.3 Å². The highest BCUT2D eigenvalue weighted by Gasteiger charge is 2.50. The number of carbonyl (C=O) groups is 4. The van der Waals surface area contributed by atoms with Crippen molar-refractivity contribution in [2.75, 3.05) is 5.32 Å². The number of nitrogens with two attached hydrogens (primary N) is 1. The molecule has 0 saturated carbocycles. The Hall–Kier alpha value is -2.96. The van der Waals surface area contributed by atoms with E-state index >= 15 is 0 Å². The van der Waals surface area contributed by atoms with Crippen molar-refractivity contribution in [3.8, 4) is 0 Å². The predicted molar refractivity (Wildman–Crippen MR) is 90.3 cm³/mol. The van der Waals surface area contributed by atoms with Crippen LogP contribution in [0.1, 0.15) is 30.1 Å². The van der Waals surface area contributed by atoms with Gasteiger partial charge in [0.05, 0.1) is 11.8 Å². The molecule has 2 aliphatic rings. The van der Waals surface area contributed by atoms with Gasteiger partial charge in [-0.05, 0) is 44.0 Å². The number of nitrogens with one attached hydrogen (secondary N) is 1. The van der Waals surface area contributed by atoms with Crippen LogP contribution < -0.4 is 11.1 Å². The maximum Gasteiger partial charge on any atom is 0.248 e. The van der Waals surface area contributed by atoms with Crippen molar-refractivity contribution < 1.29 is 19.2 Å². The van der Waals surface area contributed by atoms with Gasteiger partial charge in [-0.25, -0.2) is 0 Å². The Bertz CT molecular complexity index is 743. The summed E-state index contributed by atoms with van der Waals surface area (Å²) in [6, 6.07) is 5.18. The van der Waals surface area contributed by atoms with Gasteiger partial charge < -0.3 is 11.1 Å². The van der Waals surface area contributed by atoms with E-state index < -0.39 is 17.9 Å². The monoisotopic (exact) mass is 341 g/mol. The third-order valence-electron chi connectivity index (χ3n) is 4.75. The van der Waals surface area contributed by atoms with Gasteiger partial charge in [-0.15, -0.1) is 0 Å². The number of hydrogen-bond donors (Lipinski definition) is 2. The molecule has 1 aliphatic heterocycles. The van der Waals surface area contributed by atoms with Gasteiger partial charge in [-0.1, -0.05) is 12.2 Å².